The molecule has 0 bridgehead atoms. The first-order chi connectivity index (χ1) is 8.67. The third-order valence-electron chi connectivity index (χ3n) is 2.46. The normalized spacial score (nSPS) is 12.1. The summed E-state index contributed by atoms with van der Waals surface area (Å²) in [5.74, 6) is -0.118. The fourth-order valence-corrected chi connectivity index (χ4v) is 1.57. The molecule has 18 heavy (non-hydrogen) atoms. The van der Waals surface area contributed by atoms with Crippen LogP contribution >= 0.6 is 0 Å². The molecule has 1 rings (SSSR count). The number of rotatable bonds is 8. The first kappa shape index (κ1) is 14.5. The molecule has 0 fully saturated rings. The van der Waals surface area contributed by atoms with Gasteiger partial charge in [0.05, 0.1) is 6.61 Å². The van der Waals surface area contributed by atoms with E-state index in [-0.39, 0.29) is 0 Å². The highest BCUT2D eigenvalue weighted by Gasteiger charge is 2.17. The highest BCUT2D eigenvalue weighted by Crippen LogP contribution is 2.14. The van der Waals surface area contributed by atoms with Gasteiger partial charge in [-0.15, -0.1) is 0 Å². The summed E-state index contributed by atoms with van der Waals surface area (Å²) in [6.07, 6.45) is 0.558. The van der Waals surface area contributed by atoms with Crippen LogP contribution in [0.15, 0.2) is 24.3 Å². The summed E-state index contributed by atoms with van der Waals surface area (Å²) >= 11 is 0. The number of aliphatic carboxylic acids is 1. The second-order valence-electron chi connectivity index (χ2n) is 3.98. The quantitative estimate of drug-likeness (QED) is 0.772. The van der Waals surface area contributed by atoms with Gasteiger partial charge in [0.2, 0.25) is 0 Å². The van der Waals surface area contributed by atoms with Crippen molar-refractivity contribution in [3.05, 3.63) is 29.8 Å². The smallest absolute Gasteiger partial charge is 0.333 e. The predicted octanol–water partition coefficient (Wildman–Crippen LogP) is 2.51. The SMILES string of the molecule is CCCOc1ccc(CC(OCC)C(=O)O)cc1. The third kappa shape index (κ3) is 4.75. The van der Waals surface area contributed by atoms with Crippen molar-refractivity contribution in [2.45, 2.75) is 32.8 Å². The van der Waals surface area contributed by atoms with E-state index in [4.69, 9.17) is 14.6 Å². The predicted molar refractivity (Wildman–Crippen MR) is 69.0 cm³/mol. The molecule has 0 saturated carbocycles. The Bertz CT molecular complexity index is 359. The van der Waals surface area contributed by atoms with Gasteiger partial charge >= 0.3 is 5.97 Å². The molecular formula is C14H20O4. The Hall–Kier alpha value is -1.55. The molecule has 1 unspecified atom stereocenters. The molecule has 0 aromatic heterocycles. The maximum Gasteiger partial charge on any atom is 0.333 e. The summed E-state index contributed by atoms with van der Waals surface area (Å²) in [7, 11) is 0. The largest absolute Gasteiger partial charge is 0.494 e. The number of ether oxygens (including phenoxy) is 2. The Balaban J connectivity index is 2.58. The van der Waals surface area contributed by atoms with Gasteiger partial charge in [-0.1, -0.05) is 19.1 Å². The zero-order chi connectivity index (χ0) is 13.4. The van der Waals surface area contributed by atoms with Gasteiger partial charge in [0.15, 0.2) is 6.10 Å². The number of carboxylic acids is 1. The van der Waals surface area contributed by atoms with Gasteiger partial charge in [-0.25, -0.2) is 4.79 Å². The fraction of sp³-hybridized carbons (Fsp3) is 0.500. The molecule has 1 atom stereocenters. The average molecular weight is 252 g/mol. The molecule has 0 saturated heterocycles. The minimum Gasteiger partial charge on any atom is -0.494 e. The molecular weight excluding hydrogens is 232 g/mol. The minimum atomic E-state index is -0.928. The molecule has 0 radical (unpaired) electrons. The van der Waals surface area contributed by atoms with Crippen molar-refractivity contribution in [1.82, 2.24) is 0 Å². The van der Waals surface area contributed by atoms with Gasteiger partial charge in [0, 0.05) is 13.0 Å². The van der Waals surface area contributed by atoms with E-state index in [1.54, 1.807) is 6.92 Å². The summed E-state index contributed by atoms with van der Waals surface area (Å²) in [5.41, 5.74) is 0.930. The zero-order valence-electron chi connectivity index (χ0n) is 10.9. The number of hydrogen-bond donors (Lipinski definition) is 1. The van der Waals surface area contributed by atoms with Crippen LogP contribution in [0.4, 0.5) is 0 Å². The number of carboxylic acid groups (broad SMARTS) is 1. The summed E-state index contributed by atoms with van der Waals surface area (Å²) in [5, 5.41) is 8.99. The Labute approximate surface area is 108 Å². The van der Waals surface area contributed by atoms with Crippen molar-refractivity contribution in [3.63, 3.8) is 0 Å². The molecule has 4 nitrogen and oxygen atoms in total. The van der Waals surface area contributed by atoms with Crippen molar-refractivity contribution < 1.29 is 19.4 Å². The summed E-state index contributed by atoms with van der Waals surface area (Å²) in [6, 6.07) is 7.46. The lowest BCUT2D eigenvalue weighted by Crippen LogP contribution is -2.26. The van der Waals surface area contributed by atoms with E-state index < -0.39 is 12.1 Å². The van der Waals surface area contributed by atoms with Crippen molar-refractivity contribution in [2.75, 3.05) is 13.2 Å². The molecule has 0 aliphatic heterocycles. The van der Waals surface area contributed by atoms with Gasteiger partial charge in [-0.3, -0.25) is 0 Å². The molecule has 0 amide bonds. The van der Waals surface area contributed by atoms with Gasteiger partial charge in [-0.05, 0) is 31.0 Å². The van der Waals surface area contributed by atoms with Crippen molar-refractivity contribution in [1.29, 1.82) is 0 Å². The highest BCUT2D eigenvalue weighted by molar-refractivity contribution is 5.72. The standard InChI is InChI=1S/C14H20O4/c1-3-9-18-12-7-5-11(6-8-12)10-13(14(15)16)17-4-2/h5-8,13H,3-4,9-10H2,1-2H3,(H,15,16). The van der Waals surface area contributed by atoms with E-state index in [1.165, 1.54) is 0 Å². The van der Waals surface area contributed by atoms with Crippen LogP contribution in [0.5, 0.6) is 5.75 Å². The molecule has 100 valence electrons. The number of hydrogen-bond acceptors (Lipinski definition) is 3. The second-order valence-corrected chi connectivity index (χ2v) is 3.98. The van der Waals surface area contributed by atoms with Crippen LogP contribution in [0.2, 0.25) is 0 Å². The zero-order valence-corrected chi connectivity index (χ0v) is 10.9. The molecule has 1 aromatic carbocycles. The lowest BCUT2D eigenvalue weighted by Gasteiger charge is -2.12. The van der Waals surface area contributed by atoms with E-state index >= 15 is 0 Å². The Morgan fingerprint density at radius 1 is 1.28 bits per heavy atom. The van der Waals surface area contributed by atoms with Crippen LogP contribution in [0.1, 0.15) is 25.8 Å². The topological polar surface area (TPSA) is 55.8 Å². The van der Waals surface area contributed by atoms with Crippen LogP contribution in [0.25, 0.3) is 0 Å². The van der Waals surface area contributed by atoms with E-state index in [2.05, 4.69) is 0 Å². The number of carbonyl (C=O) groups is 1. The molecule has 0 aliphatic rings. The van der Waals surface area contributed by atoms with Crippen LogP contribution in [-0.2, 0) is 16.0 Å². The van der Waals surface area contributed by atoms with E-state index in [9.17, 15) is 4.79 Å². The molecule has 1 aromatic rings. The molecule has 0 heterocycles. The first-order valence-electron chi connectivity index (χ1n) is 6.23. The lowest BCUT2D eigenvalue weighted by atomic mass is 10.1. The van der Waals surface area contributed by atoms with E-state index in [1.807, 2.05) is 31.2 Å². The average Bonchev–Trinajstić information content (AvgIpc) is 2.37. The first-order valence-corrected chi connectivity index (χ1v) is 6.23. The Kier molecular flexibility index (Phi) is 6.22. The van der Waals surface area contributed by atoms with E-state index in [0.717, 1.165) is 17.7 Å². The molecule has 1 N–H and O–H groups in total. The van der Waals surface area contributed by atoms with Crippen LogP contribution in [0, 0.1) is 0 Å². The van der Waals surface area contributed by atoms with Crippen LogP contribution in [-0.4, -0.2) is 30.4 Å². The summed E-state index contributed by atoms with van der Waals surface area (Å²) in [4.78, 5) is 11.0. The third-order valence-corrected chi connectivity index (χ3v) is 2.46. The molecule has 0 aliphatic carbocycles. The van der Waals surface area contributed by atoms with Crippen LogP contribution in [0.3, 0.4) is 0 Å². The van der Waals surface area contributed by atoms with Gasteiger partial charge in [-0.2, -0.15) is 0 Å². The monoisotopic (exact) mass is 252 g/mol. The van der Waals surface area contributed by atoms with Gasteiger partial charge in [0.1, 0.15) is 5.75 Å². The van der Waals surface area contributed by atoms with Gasteiger partial charge < -0.3 is 14.6 Å². The lowest BCUT2D eigenvalue weighted by molar-refractivity contribution is -0.149. The Morgan fingerprint density at radius 2 is 1.94 bits per heavy atom. The highest BCUT2D eigenvalue weighted by atomic mass is 16.5. The fourth-order valence-electron chi connectivity index (χ4n) is 1.57. The second kappa shape index (κ2) is 7.71. The van der Waals surface area contributed by atoms with E-state index in [0.29, 0.717) is 19.6 Å². The van der Waals surface area contributed by atoms with Crippen molar-refractivity contribution >= 4 is 5.97 Å². The maximum atomic E-state index is 11.0. The minimum absolute atomic E-state index is 0.372. The molecule has 4 heteroatoms. The Morgan fingerprint density at radius 3 is 2.44 bits per heavy atom. The number of benzene rings is 1. The van der Waals surface area contributed by atoms with Gasteiger partial charge in [0.25, 0.3) is 0 Å². The summed E-state index contributed by atoms with van der Waals surface area (Å²) < 4.78 is 10.6. The maximum absolute atomic E-state index is 11.0. The van der Waals surface area contributed by atoms with Crippen molar-refractivity contribution in [3.8, 4) is 5.75 Å². The van der Waals surface area contributed by atoms with Crippen molar-refractivity contribution in [2.24, 2.45) is 0 Å². The van der Waals surface area contributed by atoms with Crippen LogP contribution < -0.4 is 4.74 Å². The summed E-state index contributed by atoms with van der Waals surface area (Å²) in [6.45, 7) is 4.93. The molecule has 0 spiro atoms.